The molecule has 2 atom stereocenters. The van der Waals surface area contributed by atoms with Gasteiger partial charge in [0.2, 0.25) is 0 Å². The molecule has 3 N–H and O–H groups in total. The molecule has 0 spiro atoms. The highest BCUT2D eigenvalue weighted by Crippen LogP contribution is 2.44. The third kappa shape index (κ3) is 2.88. The van der Waals surface area contributed by atoms with Crippen molar-refractivity contribution >= 4 is 0 Å². The van der Waals surface area contributed by atoms with Gasteiger partial charge in [-0.1, -0.05) is 50.6 Å². The van der Waals surface area contributed by atoms with Crippen LogP contribution in [0.5, 0.6) is 0 Å². The Morgan fingerprint density at radius 3 is 2.59 bits per heavy atom. The second-order valence-corrected chi connectivity index (χ2v) is 5.95. The Balaban J connectivity index is 2.07. The molecule has 17 heavy (non-hydrogen) atoms. The van der Waals surface area contributed by atoms with Crippen molar-refractivity contribution in [1.82, 2.24) is 5.43 Å². The second-order valence-electron chi connectivity index (χ2n) is 5.95. The van der Waals surface area contributed by atoms with Gasteiger partial charge in [0, 0.05) is 6.04 Å². The molecule has 0 aliphatic heterocycles. The molecule has 1 aliphatic carbocycles. The summed E-state index contributed by atoms with van der Waals surface area (Å²) >= 11 is 0. The third-order valence-corrected chi connectivity index (χ3v) is 4.34. The van der Waals surface area contributed by atoms with E-state index in [1.165, 1.54) is 24.8 Å². The van der Waals surface area contributed by atoms with Gasteiger partial charge in [-0.15, -0.1) is 0 Å². The van der Waals surface area contributed by atoms with Gasteiger partial charge in [0.15, 0.2) is 0 Å². The van der Waals surface area contributed by atoms with Gasteiger partial charge < -0.3 is 0 Å². The molecule has 1 fully saturated rings. The fourth-order valence-electron chi connectivity index (χ4n) is 3.28. The van der Waals surface area contributed by atoms with Gasteiger partial charge in [-0.25, -0.2) is 0 Å². The Morgan fingerprint density at radius 2 is 2.06 bits per heavy atom. The van der Waals surface area contributed by atoms with Gasteiger partial charge in [-0.05, 0) is 36.2 Å². The summed E-state index contributed by atoms with van der Waals surface area (Å²) < 4.78 is 0. The second kappa shape index (κ2) is 5.19. The highest BCUT2D eigenvalue weighted by atomic mass is 15.2. The van der Waals surface area contributed by atoms with Crippen molar-refractivity contribution in [3.8, 4) is 0 Å². The standard InChI is InChI=1S/C15H24N2/c1-15(2)10-6-9-13(15)14(17-16)11-12-7-4-3-5-8-12/h3-5,7-8,13-14,17H,6,9-11,16H2,1-2H3. The van der Waals surface area contributed by atoms with E-state index >= 15 is 0 Å². The van der Waals surface area contributed by atoms with Crippen molar-refractivity contribution in [2.24, 2.45) is 17.2 Å². The van der Waals surface area contributed by atoms with Crippen LogP contribution < -0.4 is 11.3 Å². The summed E-state index contributed by atoms with van der Waals surface area (Å²) in [4.78, 5) is 0. The summed E-state index contributed by atoms with van der Waals surface area (Å²) in [5, 5.41) is 0. The first-order valence-corrected chi connectivity index (χ1v) is 6.63. The number of nitrogens with one attached hydrogen (secondary N) is 1. The third-order valence-electron chi connectivity index (χ3n) is 4.34. The van der Waals surface area contributed by atoms with Gasteiger partial charge in [-0.2, -0.15) is 0 Å². The lowest BCUT2D eigenvalue weighted by atomic mass is 9.76. The molecule has 2 nitrogen and oxygen atoms in total. The molecule has 94 valence electrons. The minimum Gasteiger partial charge on any atom is -0.271 e. The number of rotatable bonds is 4. The normalized spacial score (nSPS) is 24.8. The zero-order valence-electron chi connectivity index (χ0n) is 10.9. The fraction of sp³-hybridized carbons (Fsp3) is 0.600. The molecule has 0 saturated heterocycles. The monoisotopic (exact) mass is 232 g/mol. The van der Waals surface area contributed by atoms with Crippen molar-refractivity contribution in [3.63, 3.8) is 0 Å². The Labute approximate surface area is 105 Å². The van der Waals surface area contributed by atoms with E-state index < -0.39 is 0 Å². The van der Waals surface area contributed by atoms with Gasteiger partial charge in [-0.3, -0.25) is 11.3 Å². The van der Waals surface area contributed by atoms with Gasteiger partial charge in [0.05, 0.1) is 0 Å². The van der Waals surface area contributed by atoms with E-state index in [1.807, 2.05) is 0 Å². The first-order valence-electron chi connectivity index (χ1n) is 6.63. The average Bonchev–Trinajstić information content (AvgIpc) is 2.67. The molecule has 1 aromatic rings. The zero-order valence-corrected chi connectivity index (χ0v) is 10.9. The van der Waals surface area contributed by atoms with E-state index in [2.05, 4.69) is 49.6 Å². The molecular formula is C15H24N2. The molecule has 1 aliphatic rings. The van der Waals surface area contributed by atoms with Crippen molar-refractivity contribution in [3.05, 3.63) is 35.9 Å². The molecule has 0 radical (unpaired) electrons. The first kappa shape index (κ1) is 12.6. The molecule has 0 bridgehead atoms. The number of hydrogen-bond acceptors (Lipinski definition) is 2. The summed E-state index contributed by atoms with van der Waals surface area (Å²) in [6.07, 6.45) is 5.00. The van der Waals surface area contributed by atoms with Crippen molar-refractivity contribution < 1.29 is 0 Å². The van der Waals surface area contributed by atoms with Crippen LogP contribution in [0.3, 0.4) is 0 Å². The molecule has 2 unspecified atom stereocenters. The van der Waals surface area contributed by atoms with Crippen LogP contribution in [0.25, 0.3) is 0 Å². The molecule has 2 rings (SSSR count). The molecular weight excluding hydrogens is 208 g/mol. The van der Waals surface area contributed by atoms with Crippen LogP contribution >= 0.6 is 0 Å². The molecule has 1 aromatic carbocycles. The van der Waals surface area contributed by atoms with Gasteiger partial charge >= 0.3 is 0 Å². The van der Waals surface area contributed by atoms with E-state index in [9.17, 15) is 0 Å². The molecule has 0 aromatic heterocycles. The van der Waals surface area contributed by atoms with E-state index in [1.54, 1.807) is 0 Å². The predicted octanol–water partition coefficient (Wildman–Crippen LogP) is 2.89. The van der Waals surface area contributed by atoms with Crippen LogP contribution in [0, 0.1) is 11.3 Å². The average molecular weight is 232 g/mol. The maximum absolute atomic E-state index is 5.77. The summed E-state index contributed by atoms with van der Waals surface area (Å²) in [5.74, 6) is 6.46. The lowest BCUT2D eigenvalue weighted by molar-refractivity contribution is 0.196. The largest absolute Gasteiger partial charge is 0.271 e. The number of nitrogens with two attached hydrogens (primary N) is 1. The van der Waals surface area contributed by atoms with E-state index in [4.69, 9.17) is 5.84 Å². The fourth-order valence-corrected chi connectivity index (χ4v) is 3.28. The van der Waals surface area contributed by atoms with Crippen LogP contribution in [-0.4, -0.2) is 6.04 Å². The maximum Gasteiger partial charge on any atom is 0.0284 e. The highest BCUT2D eigenvalue weighted by molar-refractivity contribution is 5.16. The van der Waals surface area contributed by atoms with E-state index in [-0.39, 0.29) is 0 Å². The first-order chi connectivity index (χ1) is 8.13. The summed E-state index contributed by atoms with van der Waals surface area (Å²) in [6.45, 7) is 4.75. The molecule has 0 amide bonds. The van der Waals surface area contributed by atoms with E-state index in [0.29, 0.717) is 17.4 Å². The maximum atomic E-state index is 5.77. The summed E-state index contributed by atoms with van der Waals surface area (Å²) in [6, 6.07) is 11.0. The minimum atomic E-state index is 0.398. The van der Waals surface area contributed by atoms with Crippen LogP contribution in [-0.2, 0) is 6.42 Å². The minimum absolute atomic E-state index is 0.398. The lowest BCUT2D eigenvalue weighted by Crippen LogP contribution is -2.45. The van der Waals surface area contributed by atoms with Gasteiger partial charge in [0.1, 0.15) is 0 Å². The van der Waals surface area contributed by atoms with Crippen LogP contribution in [0.1, 0.15) is 38.7 Å². The van der Waals surface area contributed by atoms with Crippen molar-refractivity contribution in [2.45, 2.75) is 45.6 Å². The zero-order chi connectivity index (χ0) is 12.3. The Hall–Kier alpha value is -0.860. The quantitative estimate of drug-likeness (QED) is 0.619. The summed E-state index contributed by atoms with van der Waals surface area (Å²) in [7, 11) is 0. The lowest BCUT2D eigenvalue weighted by Gasteiger charge is -2.34. The Bertz CT molecular complexity index is 345. The number of hydrazine groups is 1. The predicted molar refractivity (Wildman–Crippen MR) is 72.4 cm³/mol. The van der Waals surface area contributed by atoms with Crippen molar-refractivity contribution in [2.75, 3.05) is 0 Å². The summed E-state index contributed by atoms with van der Waals surface area (Å²) in [5.41, 5.74) is 4.84. The van der Waals surface area contributed by atoms with Crippen LogP contribution in [0.4, 0.5) is 0 Å². The number of benzene rings is 1. The topological polar surface area (TPSA) is 38.0 Å². The molecule has 1 saturated carbocycles. The Morgan fingerprint density at radius 1 is 1.35 bits per heavy atom. The van der Waals surface area contributed by atoms with E-state index in [0.717, 1.165) is 6.42 Å². The molecule has 2 heteroatoms. The molecule has 0 heterocycles. The number of hydrogen-bond donors (Lipinski definition) is 2. The van der Waals surface area contributed by atoms with Crippen LogP contribution in [0.15, 0.2) is 30.3 Å². The SMILES string of the molecule is CC1(C)CCCC1C(Cc1ccccc1)NN. The highest BCUT2D eigenvalue weighted by Gasteiger charge is 2.38. The Kier molecular flexibility index (Phi) is 3.85. The smallest absolute Gasteiger partial charge is 0.0284 e. The van der Waals surface area contributed by atoms with Crippen molar-refractivity contribution in [1.29, 1.82) is 0 Å². The van der Waals surface area contributed by atoms with Crippen LogP contribution in [0.2, 0.25) is 0 Å². The van der Waals surface area contributed by atoms with Gasteiger partial charge in [0.25, 0.3) is 0 Å².